The van der Waals surface area contributed by atoms with Gasteiger partial charge in [0.15, 0.2) is 0 Å². The molecule has 1 heterocycles. The third-order valence-corrected chi connectivity index (χ3v) is 4.70. The van der Waals surface area contributed by atoms with Crippen molar-refractivity contribution in [3.63, 3.8) is 0 Å². The lowest BCUT2D eigenvalue weighted by Gasteiger charge is -2.14. The molecular weight excluding hydrogens is 322 g/mol. The van der Waals surface area contributed by atoms with Crippen LogP contribution < -0.4 is 0 Å². The molecule has 2 aromatic carbocycles. The van der Waals surface area contributed by atoms with E-state index in [9.17, 15) is 9.59 Å². The maximum atomic E-state index is 12.3. The quantitative estimate of drug-likeness (QED) is 0.427. The number of rotatable bonds is 7. The Morgan fingerprint density at radius 2 is 1.42 bits per heavy atom. The second-order valence-electron chi connectivity index (χ2n) is 6.09. The number of hydrogen-bond donors (Lipinski definition) is 0. The van der Waals surface area contributed by atoms with Crippen molar-refractivity contribution >= 4 is 23.4 Å². The van der Waals surface area contributed by atoms with Crippen molar-refractivity contribution in [3.05, 3.63) is 71.3 Å². The summed E-state index contributed by atoms with van der Waals surface area (Å²) in [6, 6.07) is 17.2. The average Bonchev–Trinajstić information content (AvgIpc) is 2.84. The van der Waals surface area contributed by atoms with Gasteiger partial charge in [0.2, 0.25) is 0 Å². The van der Waals surface area contributed by atoms with E-state index in [1.807, 2.05) is 18.2 Å². The molecule has 0 bridgehead atoms. The largest absolute Gasteiger partial charge is 0.274 e. The van der Waals surface area contributed by atoms with Crippen LogP contribution in [0.5, 0.6) is 0 Å². The molecule has 1 unspecified atom stereocenters. The van der Waals surface area contributed by atoms with Gasteiger partial charge in [-0.05, 0) is 37.0 Å². The lowest BCUT2D eigenvalue weighted by Crippen LogP contribution is -2.30. The van der Waals surface area contributed by atoms with Crippen molar-refractivity contribution in [2.45, 2.75) is 31.1 Å². The van der Waals surface area contributed by atoms with Crippen molar-refractivity contribution in [2.24, 2.45) is 0 Å². The number of carbonyl (C=O) groups is 2. The maximum Gasteiger partial charge on any atom is 0.261 e. The number of fused-ring (bicyclic) bond motifs is 1. The van der Waals surface area contributed by atoms with Crippen molar-refractivity contribution in [3.8, 4) is 0 Å². The molecule has 0 N–H and O–H groups in total. The van der Waals surface area contributed by atoms with Crippen LogP contribution in [0.15, 0.2) is 54.6 Å². The van der Waals surface area contributed by atoms with Crippen LogP contribution in [0, 0.1) is 0 Å². The number of carbonyl (C=O) groups excluding carboxylic acids is 2. The van der Waals surface area contributed by atoms with Gasteiger partial charge in [-0.1, -0.05) is 48.9 Å². The number of benzene rings is 2. The highest BCUT2D eigenvalue weighted by Gasteiger charge is 2.34. The van der Waals surface area contributed by atoms with Gasteiger partial charge in [0.1, 0.15) is 0 Å². The smallest absolute Gasteiger partial charge is 0.261 e. The topological polar surface area (TPSA) is 37.4 Å². The van der Waals surface area contributed by atoms with E-state index in [1.54, 1.807) is 24.3 Å². The molecular formula is C20H20ClNO2. The normalized spacial score (nSPS) is 14.8. The van der Waals surface area contributed by atoms with Crippen LogP contribution in [0.2, 0.25) is 0 Å². The molecule has 0 aliphatic carbocycles. The molecule has 2 amide bonds. The third kappa shape index (κ3) is 3.68. The number of alkyl halides is 1. The van der Waals surface area contributed by atoms with E-state index in [1.165, 1.54) is 10.5 Å². The van der Waals surface area contributed by atoms with Crippen LogP contribution in [-0.2, 0) is 6.42 Å². The van der Waals surface area contributed by atoms with Gasteiger partial charge >= 0.3 is 0 Å². The number of amides is 2. The standard InChI is InChI=1S/C20H20ClNO2/c21-16(14-15-8-2-1-3-9-15)10-6-7-13-22-19(23)17-11-4-5-12-18(17)20(22)24/h1-5,8-9,11-12,16H,6-7,10,13-14H2. The van der Waals surface area contributed by atoms with Crippen LogP contribution in [0.25, 0.3) is 0 Å². The number of imide groups is 1. The molecule has 0 saturated carbocycles. The molecule has 3 rings (SSSR count). The van der Waals surface area contributed by atoms with E-state index in [4.69, 9.17) is 11.6 Å². The Bertz CT molecular complexity index is 694. The van der Waals surface area contributed by atoms with E-state index in [2.05, 4.69) is 12.1 Å². The van der Waals surface area contributed by atoms with Gasteiger partial charge in [0.25, 0.3) is 11.8 Å². The van der Waals surface area contributed by atoms with Crippen molar-refractivity contribution in [1.29, 1.82) is 0 Å². The predicted octanol–water partition coefficient (Wildman–Crippen LogP) is 4.30. The Hall–Kier alpha value is -2.13. The minimum Gasteiger partial charge on any atom is -0.274 e. The first-order valence-electron chi connectivity index (χ1n) is 8.30. The molecule has 3 nitrogen and oxygen atoms in total. The molecule has 4 heteroatoms. The number of unbranched alkanes of at least 4 members (excludes halogenated alkanes) is 1. The molecule has 0 radical (unpaired) electrons. The van der Waals surface area contributed by atoms with E-state index in [0.717, 1.165) is 25.7 Å². The fourth-order valence-corrected chi connectivity index (χ4v) is 3.38. The summed E-state index contributed by atoms with van der Waals surface area (Å²) < 4.78 is 0. The average molecular weight is 342 g/mol. The minimum absolute atomic E-state index is 0.0783. The molecule has 124 valence electrons. The Labute approximate surface area is 147 Å². The first kappa shape index (κ1) is 16.7. The number of nitrogens with zero attached hydrogens (tertiary/aromatic N) is 1. The van der Waals surface area contributed by atoms with Gasteiger partial charge < -0.3 is 0 Å². The zero-order chi connectivity index (χ0) is 16.9. The lowest BCUT2D eigenvalue weighted by atomic mass is 10.1. The Morgan fingerprint density at radius 3 is 2.04 bits per heavy atom. The van der Waals surface area contributed by atoms with Crippen LogP contribution in [0.4, 0.5) is 0 Å². The summed E-state index contributed by atoms with van der Waals surface area (Å²) in [5.41, 5.74) is 2.27. The van der Waals surface area contributed by atoms with Gasteiger partial charge in [0.05, 0.1) is 11.1 Å². The van der Waals surface area contributed by atoms with E-state index >= 15 is 0 Å². The van der Waals surface area contributed by atoms with Gasteiger partial charge in [-0.15, -0.1) is 11.6 Å². The Kier molecular flexibility index (Phi) is 5.31. The fraction of sp³-hybridized carbons (Fsp3) is 0.300. The number of halogens is 1. The molecule has 1 aliphatic heterocycles. The molecule has 0 aromatic heterocycles. The van der Waals surface area contributed by atoms with Crippen molar-refractivity contribution in [1.82, 2.24) is 4.90 Å². The second-order valence-corrected chi connectivity index (χ2v) is 6.71. The molecule has 0 fully saturated rings. The summed E-state index contributed by atoms with van der Waals surface area (Å²) in [6.45, 7) is 0.460. The van der Waals surface area contributed by atoms with Crippen molar-refractivity contribution < 1.29 is 9.59 Å². The lowest BCUT2D eigenvalue weighted by molar-refractivity contribution is 0.0651. The van der Waals surface area contributed by atoms with E-state index in [0.29, 0.717) is 17.7 Å². The van der Waals surface area contributed by atoms with Gasteiger partial charge in [-0.2, -0.15) is 0 Å². The van der Waals surface area contributed by atoms with Gasteiger partial charge in [-0.3, -0.25) is 14.5 Å². The van der Waals surface area contributed by atoms with Gasteiger partial charge in [-0.25, -0.2) is 0 Å². The highest BCUT2D eigenvalue weighted by molar-refractivity contribution is 6.21. The Balaban J connectivity index is 1.44. The Morgan fingerprint density at radius 1 is 0.833 bits per heavy atom. The number of hydrogen-bond acceptors (Lipinski definition) is 2. The van der Waals surface area contributed by atoms with Crippen molar-refractivity contribution in [2.75, 3.05) is 6.54 Å². The van der Waals surface area contributed by atoms with Gasteiger partial charge in [0, 0.05) is 11.9 Å². The maximum absolute atomic E-state index is 12.3. The van der Waals surface area contributed by atoms with Crippen LogP contribution in [0.1, 0.15) is 45.5 Å². The summed E-state index contributed by atoms with van der Waals surface area (Å²) in [5, 5.41) is 0.0783. The monoisotopic (exact) mass is 341 g/mol. The zero-order valence-electron chi connectivity index (χ0n) is 13.5. The first-order chi connectivity index (χ1) is 11.7. The van der Waals surface area contributed by atoms with Crippen LogP contribution in [-0.4, -0.2) is 28.6 Å². The predicted molar refractivity (Wildman–Crippen MR) is 95.4 cm³/mol. The summed E-state index contributed by atoms with van der Waals surface area (Å²) in [7, 11) is 0. The third-order valence-electron chi connectivity index (χ3n) is 4.33. The van der Waals surface area contributed by atoms with E-state index in [-0.39, 0.29) is 17.2 Å². The summed E-state index contributed by atoms with van der Waals surface area (Å²) in [6.07, 6.45) is 3.40. The highest BCUT2D eigenvalue weighted by Crippen LogP contribution is 2.23. The van der Waals surface area contributed by atoms with E-state index < -0.39 is 0 Å². The summed E-state index contributed by atoms with van der Waals surface area (Å²) in [4.78, 5) is 25.9. The second kappa shape index (κ2) is 7.63. The molecule has 1 atom stereocenters. The first-order valence-corrected chi connectivity index (χ1v) is 8.73. The zero-order valence-corrected chi connectivity index (χ0v) is 14.2. The van der Waals surface area contributed by atoms with Crippen LogP contribution in [0.3, 0.4) is 0 Å². The van der Waals surface area contributed by atoms with Crippen LogP contribution >= 0.6 is 11.6 Å². The fourth-order valence-electron chi connectivity index (χ4n) is 3.05. The summed E-state index contributed by atoms with van der Waals surface area (Å²) >= 11 is 6.39. The highest BCUT2D eigenvalue weighted by atomic mass is 35.5. The minimum atomic E-state index is -0.178. The molecule has 1 aliphatic rings. The molecule has 2 aromatic rings. The summed E-state index contributed by atoms with van der Waals surface area (Å²) in [5.74, 6) is -0.357. The SMILES string of the molecule is O=C1c2ccccc2C(=O)N1CCCCC(Cl)Cc1ccccc1. The molecule has 24 heavy (non-hydrogen) atoms. The molecule has 0 spiro atoms. The molecule has 0 saturated heterocycles.